The topological polar surface area (TPSA) is 37.8 Å². The molecule has 3 nitrogen and oxygen atoms in total. The number of nitrogens with one attached hydrogen (secondary N) is 1. The minimum absolute atomic E-state index is 0.309. The van der Waals surface area contributed by atoms with Gasteiger partial charge in [-0.05, 0) is 23.3 Å². The summed E-state index contributed by atoms with van der Waals surface area (Å²) in [5.74, 6) is -0.309. The van der Waals surface area contributed by atoms with Crippen molar-refractivity contribution in [1.29, 1.82) is 0 Å². The minimum Gasteiger partial charge on any atom is -0.308 e. The van der Waals surface area contributed by atoms with E-state index in [1.54, 1.807) is 12.4 Å². The van der Waals surface area contributed by atoms with Gasteiger partial charge in [-0.25, -0.2) is 4.39 Å². The number of halogens is 1. The second-order valence-corrected chi connectivity index (χ2v) is 4.61. The molecule has 0 fully saturated rings. The monoisotopic (exact) mass is 267 g/mol. The predicted molar refractivity (Wildman–Crippen MR) is 76.5 cm³/mol. The van der Waals surface area contributed by atoms with Crippen LogP contribution in [0.3, 0.4) is 0 Å². The van der Waals surface area contributed by atoms with Gasteiger partial charge in [0.1, 0.15) is 5.82 Å². The molecule has 20 heavy (non-hydrogen) atoms. The summed E-state index contributed by atoms with van der Waals surface area (Å²) < 4.78 is 13.0. The Bertz CT molecular complexity index is 722. The second kappa shape index (κ2) is 5.75. The van der Waals surface area contributed by atoms with E-state index in [4.69, 9.17) is 0 Å². The van der Waals surface area contributed by atoms with Gasteiger partial charge >= 0.3 is 0 Å². The molecule has 2 aromatic heterocycles. The standard InChI is InChI=1S/C16H14FN3/c17-15-7-12(9-19-11-15)8-18-10-14-4-1-3-13-5-2-6-20-16(13)14/h1-7,9,11,18H,8,10H2. The summed E-state index contributed by atoms with van der Waals surface area (Å²) in [6.45, 7) is 1.26. The molecule has 1 N–H and O–H groups in total. The first-order chi connectivity index (χ1) is 9.83. The van der Waals surface area contributed by atoms with E-state index >= 15 is 0 Å². The van der Waals surface area contributed by atoms with Gasteiger partial charge in [0.25, 0.3) is 0 Å². The van der Waals surface area contributed by atoms with Gasteiger partial charge in [0.15, 0.2) is 0 Å². The molecule has 0 aliphatic rings. The lowest BCUT2D eigenvalue weighted by Crippen LogP contribution is -2.13. The lowest BCUT2D eigenvalue weighted by Gasteiger charge is -2.07. The van der Waals surface area contributed by atoms with Crippen LogP contribution in [0, 0.1) is 5.82 Å². The third kappa shape index (κ3) is 2.81. The van der Waals surface area contributed by atoms with Crippen molar-refractivity contribution in [2.75, 3.05) is 0 Å². The Kier molecular flexibility index (Phi) is 3.65. The van der Waals surface area contributed by atoms with E-state index in [0.717, 1.165) is 22.0 Å². The maximum absolute atomic E-state index is 13.0. The molecule has 1 aromatic carbocycles. The zero-order valence-corrected chi connectivity index (χ0v) is 10.9. The highest BCUT2D eigenvalue weighted by molar-refractivity contribution is 5.81. The van der Waals surface area contributed by atoms with Crippen LogP contribution in [0.25, 0.3) is 10.9 Å². The summed E-state index contributed by atoms with van der Waals surface area (Å²) in [6.07, 6.45) is 4.66. The molecule has 0 aliphatic carbocycles. The molecule has 4 heteroatoms. The number of rotatable bonds is 4. The highest BCUT2D eigenvalue weighted by Crippen LogP contribution is 2.15. The Balaban J connectivity index is 1.71. The molecule has 0 radical (unpaired) electrons. The second-order valence-electron chi connectivity index (χ2n) is 4.61. The van der Waals surface area contributed by atoms with E-state index in [9.17, 15) is 4.39 Å². The van der Waals surface area contributed by atoms with E-state index in [2.05, 4.69) is 15.3 Å². The van der Waals surface area contributed by atoms with Gasteiger partial charge in [0.05, 0.1) is 11.7 Å². The van der Waals surface area contributed by atoms with Crippen molar-refractivity contribution in [2.24, 2.45) is 0 Å². The van der Waals surface area contributed by atoms with Crippen LogP contribution >= 0.6 is 0 Å². The molecule has 0 saturated heterocycles. The van der Waals surface area contributed by atoms with Crippen molar-refractivity contribution < 1.29 is 4.39 Å². The summed E-state index contributed by atoms with van der Waals surface area (Å²) in [7, 11) is 0. The van der Waals surface area contributed by atoms with Gasteiger partial charge in [-0.3, -0.25) is 9.97 Å². The van der Waals surface area contributed by atoms with Crippen molar-refractivity contribution in [3.05, 3.63) is 71.9 Å². The number of pyridine rings is 2. The van der Waals surface area contributed by atoms with E-state index in [1.165, 1.54) is 12.3 Å². The van der Waals surface area contributed by atoms with Crippen LogP contribution in [-0.4, -0.2) is 9.97 Å². The Morgan fingerprint density at radius 3 is 2.85 bits per heavy atom. The molecule has 3 aromatic rings. The third-order valence-electron chi connectivity index (χ3n) is 3.12. The lowest BCUT2D eigenvalue weighted by atomic mass is 10.1. The molecule has 0 aliphatic heterocycles. The van der Waals surface area contributed by atoms with Crippen LogP contribution in [-0.2, 0) is 13.1 Å². The number of aromatic nitrogens is 2. The van der Waals surface area contributed by atoms with E-state index in [0.29, 0.717) is 13.1 Å². The molecular weight excluding hydrogens is 253 g/mol. The number of benzene rings is 1. The highest BCUT2D eigenvalue weighted by atomic mass is 19.1. The van der Waals surface area contributed by atoms with Crippen LogP contribution in [0.15, 0.2) is 55.0 Å². The quantitative estimate of drug-likeness (QED) is 0.789. The van der Waals surface area contributed by atoms with Gasteiger partial charge in [-0.2, -0.15) is 0 Å². The molecule has 0 unspecified atom stereocenters. The fourth-order valence-corrected chi connectivity index (χ4v) is 2.20. The lowest BCUT2D eigenvalue weighted by molar-refractivity contribution is 0.612. The number of hydrogen-bond donors (Lipinski definition) is 1. The maximum atomic E-state index is 13.0. The first kappa shape index (κ1) is 12.7. The highest BCUT2D eigenvalue weighted by Gasteiger charge is 2.02. The number of hydrogen-bond acceptors (Lipinski definition) is 3. The van der Waals surface area contributed by atoms with Gasteiger partial charge in [0, 0.05) is 30.9 Å². The van der Waals surface area contributed by atoms with E-state index < -0.39 is 0 Å². The van der Waals surface area contributed by atoms with E-state index in [-0.39, 0.29) is 5.82 Å². The molecule has 100 valence electrons. The number of fused-ring (bicyclic) bond motifs is 1. The summed E-state index contributed by atoms with van der Waals surface area (Å²) in [5.41, 5.74) is 2.96. The van der Waals surface area contributed by atoms with Crippen LogP contribution in [0.2, 0.25) is 0 Å². The van der Waals surface area contributed by atoms with Crippen molar-refractivity contribution in [3.63, 3.8) is 0 Å². The van der Waals surface area contributed by atoms with Crippen LogP contribution in [0.4, 0.5) is 4.39 Å². The third-order valence-corrected chi connectivity index (χ3v) is 3.12. The predicted octanol–water partition coefficient (Wildman–Crippen LogP) is 3.06. The SMILES string of the molecule is Fc1cncc(CNCc2cccc3cccnc23)c1. The molecule has 0 spiro atoms. The van der Waals surface area contributed by atoms with Crippen molar-refractivity contribution in [3.8, 4) is 0 Å². The average Bonchev–Trinajstić information content (AvgIpc) is 2.48. The average molecular weight is 267 g/mol. The molecule has 0 amide bonds. The summed E-state index contributed by atoms with van der Waals surface area (Å²) >= 11 is 0. The Morgan fingerprint density at radius 2 is 1.95 bits per heavy atom. The Labute approximate surface area is 116 Å². The fourth-order valence-electron chi connectivity index (χ4n) is 2.20. The Hall–Kier alpha value is -2.33. The van der Waals surface area contributed by atoms with Crippen LogP contribution < -0.4 is 5.32 Å². The summed E-state index contributed by atoms with van der Waals surface area (Å²) in [5, 5.41) is 4.41. The van der Waals surface area contributed by atoms with Crippen molar-refractivity contribution in [2.45, 2.75) is 13.1 Å². The molecule has 0 bridgehead atoms. The number of para-hydroxylation sites is 1. The minimum atomic E-state index is -0.309. The van der Waals surface area contributed by atoms with Gasteiger partial charge in [-0.1, -0.05) is 24.3 Å². The Morgan fingerprint density at radius 1 is 1.05 bits per heavy atom. The summed E-state index contributed by atoms with van der Waals surface area (Å²) in [6, 6.07) is 11.6. The first-order valence-corrected chi connectivity index (χ1v) is 6.46. The van der Waals surface area contributed by atoms with Gasteiger partial charge < -0.3 is 5.32 Å². The normalized spacial score (nSPS) is 10.8. The van der Waals surface area contributed by atoms with Crippen molar-refractivity contribution in [1.82, 2.24) is 15.3 Å². The first-order valence-electron chi connectivity index (χ1n) is 6.46. The van der Waals surface area contributed by atoms with E-state index in [1.807, 2.05) is 30.3 Å². The van der Waals surface area contributed by atoms with Crippen LogP contribution in [0.5, 0.6) is 0 Å². The molecule has 0 saturated carbocycles. The number of nitrogens with zero attached hydrogens (tertiary/aromatic N) is 2. The maximum Gasteiger partial charge on any atom is 0.141 e. The van der Waals surface area contributed by atoms with Crippen molar-refractivity contribution >= 4 is 10.9 Å². The largest absolute Gasteiger partial charge is 0.308 e. The van der Waals surface area contributed by atoms with Gasteiger partial charge in [0.2, 0.25) is 0 Å². The molecular formula is C16H14FN3. The smallest absolute Gasteiger partial charge is 0.141 e. The zero-order valence-electron chi connectivity index (χ0n) is 10.9. The van der Waals surface area contributed by atoms with Gasteiger partial charge in [-0.15, -0.1) is 0 Å². The molecule has 3 rings (SSSR count). The zero-order chi connectivity index (χ0) is 13.8. The summed E-state index contributed by atoms with van der Waals surface area (Å²) in [4.78, 5) is 8.24. The molecule has 2 heterocycles. The molecule has 0 atom stereocenters. The van der Waals surface area contributed by atoms with Crippen LogP contribution in [0.1, 0.15) is 11.1 Å². The fraction of sp³-hybridized carbons (Fsp3) is 0.125.